The lowest BCUT2D eigenvalue weighted by molar-refractivity contribution is -0.113. The van der Waals surface area contributed by atoms with Crippen LogP contribution >= 0.6 is 23.1 Å². The molecule has 0 aliphatic heterocycles. The molecule has 1 aromatic carbocycles. The summed E-state index contributed by atoms with van der Waals surface area (Å²) in [5, 5.41) is 5.26. The van der Waals surface area contributed by atoms with Gasteiger partial charge < -0.3 is 15.8 Å². The van der Waals surface area contributed by atoms with Crippen molar-refractivity contribution in [1.29, 1.82) is 0 Å². The number of amides is 1. The fourth-order valence-electron chi connectivity index (χ4n) is 2.53. The van der Waals surface area contributed by atoms with Gasteiger partial charge in [-0.15, -0.1) is 11.3 Å². The van der Waals surface area contributed by atoms with Gasteiger partial charge in [-0.3, -0.25) is 4.79 Å². The van der Waals surface area contributed by atoms with Gasteiger partial charge in [-0.1, -0.05) is 38.1 Å². The number of ether oxygens (including phenoxy) is 1. The number of nitrogens with one attached hydrogen (secondary N) is 1. The molecule has 5 nitrogen and oxygen atoms in total. The zero-order valence-corrected chi connectivity index (χ0v) is 17.5. The van der Waals surface area contributed by atoms with E-state index in [0.717, 1.165) is 16.9 Å². The van der Waals surface area contributed by atoms with Crippen LogP contribution in [0.2, 0.25) is 0 Å². The van der Waals surface area contributed by atoms with Crippen LogP contribution in [0.25, 0.3) is 11.1 Å². The average molecular weight is 407 g/mol. The van der Waals surface area contributed by atoms with E-state index < -0.39 is 5.97 Å². The fourth-order valence-corrected chi connectivity index (χ4v) is 4.07. The molecule has 1 aromatic heterocycles. The topological polar surface area (TPSA) is 81.4 Å². The predicted molar refractivity (Wildman–Crippen MR) is 115 cm³/mol. The van der Waals surface area contributed by atoms with Crippen LogP contribution in [-0.2, 0) is 9.53 Å². The van der Waals surface area contributed by atoms with E-state index in [1.807, 2.05) is 17.5 Å². The Labute approximate surface area is 168 Å². The molecule has 146 valence electrons. The molecule has 7 heteroatoms. The van der Waals surface area contributed by atoms with Crippen molar-refractivity contribution in [2.45, 2.75) is 26.7 Å². The van der Waals surface area contributed by atoms with Crippen molar-refractivity contribution in [2.24, 2.45) is 5.73 Å². The lowest BCUT2D eigenvalue weighted by Gasteiger charge is -2.10. The molecule has 0 atom stereocenters. The first-order valence-corrected chi connectivity index (χ1v) is 11.0. The molecule has 0 saturated heterocycles. The first-order valence-electron chi connectivity index (χ1n) is 8.94. The summed E-state index contributed by atoms with van der Waals surface area (Å²) in [6.07, 6.45) is 0. The van der Waals surface area contributed by atoms with Gasteiger partial charge in [0.25, 0.3) is 0 Å². The molecule has 0 bridgehead atoms. The SMILES string of the molecule is CCOC(=O)c1c(-c2ccc(C(C)C)cc2)csc1NC(=O)CSCCN. The Bertz CT molecular complexity index is 770. The standard InChI is InChI=1S/C20H26N2O3S2/c1-4-25-20(24)18-16(15-7-5-14(6-8-15)13(2)3)11-27-19(18)22-17(23)12-26-10-9-21/h5-8,11,13H,4,9-10,12,21H2,1-3H3,(H,22,23). The van der Waals surface area contributed by atoms with E-state index in [1.165, 1.54) is 28.7 Å². The number of benzene rings is 1. The van der Waals surface area contributed by atoms with Gasteiger partial charge >= 0.3 is 5.97 Å². The number of nitrogens with two attached hydrogens (primary N) is 1. The average Bonchev–Trinajstić information content (AvgIpc) is 3.05. The van der Waals surface area contributed by atoms with Crippen molar-refractivity contribution in [1.82, 2.24) is 0 Å². The summed E-state index contributed by atoms with van der Waals surface area (Å²) in [5.41, 5.74) is 8.80. The Morgan fingerprint density at radius 2 is 1.96 bits per heavy atom. The van der Waals surface area contributed by atoms with E-state index in [2.05, 4.69) is 31.3 Å². The number of carbonyl (C=O) groups is 2. The highest BCUT2D eigenvalue weighted by Crippen LogP contribution is 2.36. The van der Waals surface area contributed by atoms with Crippen LogP contribution in [0.5, 0.6) is 0 Å². The van der Waals surface area contributed by atoms with Crippen molar-refractivity contribution in [3.8, 4) is 11.1 Å². The summed E-state index contributed by atoms with van der Waals surface area (Å²) in [4.78, 5) is 24.7. The Balaban J connectivity index is 2.30. The Hall–Kier alpha value is -1.83. The maximum atomic E-state index is 12.5. The molecule has 1 amide bonds. The lowest BCUT2D eigenvalue weighted by atomic mass is 9.98. The molecular weight excluding hydrogens is 380 g/mol. The van der Waals surface area contributed by atoms with Crippen LogP contribution in [0, 0.1) is 0 Å². The maximum Gasteiger partial charge on any atom is 0.341 e. The number of hydrogen-bond acceptors (Lipinski definition) is 6. The van der Waals surface area contributed by atoms with E-state index in [9.17, 15) is 9.59 Å². The molecule has 2 rings (SSSR count). The zero-order chi connectivity index (χ0) is 19.8. The van der Waals surface area contributed by atoms with Crippen LogP contribution < -0.4 is 11.1 Å². The largest absolute Gasteiger partial charge is 0.462 e. The van der Waals surface area contributed by atoms with E-state index in [1.54, 1.807) is 6.92 Å². The molecule has 0 saturated carbocycles. The van der Waals surface area contributed by atoms with Crippen molar-refractivity contribution in [3.63, 3.8) is 0 Å². The van der Waals surface area contributed by atoms with Gasteiger partial charge in [-0.2, -0.15) is 11.8 Å². The molecule has 3 N–H and O–H groups in total. The van der Waals surface area contributed by atoms with E-state index in [4.69, 9.17) is 10.5 Å². The van der Waals surface area contributed by atoms with E-state index in [-0.39, 0.29) is 12.5 Å². The third-order valence-electron chi connectivity index (χ3n) is 3.91. The van der Waals surface area contributed by atoms with Crippen molar-refractivity contribution in [3.05, 3.63) is 40.8 Å². The Morgan fingerprint density at radius 3 is 2.56 bits per heavy atom. The summed E-state index contributed by atoms with van der Waals surface area (Å²) in [5.74, 6) is 0.882. The maximum absolute atomic E-state index is 12.5. The number of thiophene rings is 1. The molecule has 0 unspecified atom stereocenters. The minimum atomic E-state index is -0.424. The second-order valence-electron chi connectivity index (χ2n) is 6.24. The molecule has 0 aliphatic rings. The second kappa shape index (κ2) is 10.5. The zero-order valence-electron chi connectivity index (χ0n) is 15.9. The summed E-state index contributed by atoms with van der Waals surface area (Å²) in [6.45, 7) is 6.85. The van der Waals surface area contributed by atoms with E-state index >= 15 is 0 Å². The van der Waals surface area contributed by atoms with Gasteiger partial charge in [-0.05, 0) is 24.0 Å². The monoisotopic (exact) mass is 406 g/mol. The van der Waals surface area contributed by atoms with Crippen LogP contribution in [0.3, 0.4) is 0 Å². The minimum absolute atomic E-state index is 0.150. The smallest absolute Gasteiger partial charge is 0.341 e. The number of esters is 1. The van der Waals surface area contributed by atoms with Crippen LogP contribution in [0.1, 0.15) is 42.6 Å². The molecule has 27 heavy (non-hydrogen) atoms. The minimum Gasteiger partial charge on any atom is -0.462 e. The third kappa shape index (κ3) is 5.82. The second-order valence-corrected chi connectivity index (χ2v) is 8.22. The first kappa shape index (κ1) is 21.5. The van der Waals surface area contributed by atoms with Gasteiger partial charge in [0.05, 0.1) is 12.4 Å². The van der Waals surface area contributed by atoms with Crippen LogP contribution in [-0.4, -0.2) is 36.5 Å². The molecule has 0 radical (unpaired) electrons. The van der Waals surface area contributed by atoms with Gasteiger partial charge in [0.1, 0.15) is 10.6 Å². The molecule has 2 aromatic rings. The van der Waals surface area contributed by atoms with Crippen LogP contribution in [0.4, 0.5) is 5.00 Å². The number of anilines is 1. The molecular formula is C20H26N2O3S2. The summed E-state index contributed by atoms with van der Waals surface area (Å²) in [7, 11) is 0. The Kier molecular flexibility index (Phi) is 8.34. The Morgan fingerprint density at radius 1 is 1.26 bits per heavy atom. The molecule has 1 heterocycles. The number of hydrogen-bond donors (Lipinski definition) is 2. The summed E-state index contributed by atoms with van der Waals surface area (Å²) < 4.78 is 5.23. The molecule has 0 spiro atoms. The third-order valence-corrected chi connectivity index (χ3v) is 5.79. The quantitative estimate of drug-likeness (QED) is 0.478. The molecule has 0 aliphatic carbocycles. The highest BCUT2D eigenvalue weighted by Gasteiger charge is 2.22. The predicted octanol–water partition coefficient (Wildman–Crippen LogP) is 4.35. The van der Waals surface area contributed by atoms with Crippen LogP contribution in [0.15, 0.2) is 29.6 Å². The normalized spacial score (nSPS) is 10.9. The van der Waals surface area contributed by atoms with Crippen molar-refractivity contribution < 1.29 is 14.3 Å². The first-order chi connectivity index (χ1) is 13.0. The van der Waals surface area contributed by atoms with Crippen molar-refractivity contribution >= 4 is 40.0 Å². The van der Waals surface area contributed by atoms with Gasteiger partial charge in [0.2, 0.25) is 5.91 Å². The molecule has 0 fully saturated rings. The van der Waals surface area contributed by atoms with Gasteiger partial charge in [0, 0.05) is 23.2 Å². The highest BCUT2D eigenvalue weighted by atomic mass is 32.2. The summed E-state index contributed by atoms with van der Waals surface area (Å²) in [6, 6.07) is 8.13. The number of carbonyl (C=O) groups excluding carboxylic acids is 2. The van der Waals surface area contributed by atoms with E-state index in [0.29, 0.717) is 28.8 Å². The van der Waals surface area contributed by atoms with Gasteiger partial charge in [0.15, 0.2) is 0 Å². The highest BCUT2D eigenvalue weighted by molar-refractivity contribution is 7.99. The number of thioether (sulfide) groups is 1. The number of rotatable bonds is 9. The van der Waals surface area contributed by atoms with Gasteiger partial charge in [-0.25, -0.2) is 4.79 Å². The fraction of sp³-hybridized carbons (Fsp3) is 0.400. The summed E-state index contributed by atoms with van der Waals surface area (Å²) >= 11 is 2.80. The van der Waals surface area contributed by atoms with Crippen molar-refractivity contribution in [2.75, 3.05) is 30.0 Å². The lowest BCUT2D eigenvalue weighted by Crippen LogP contribution is -2.17.